The Morgan fingerprint density at radius 1 is 1.13 bits per heavy atom. The minimum Gasteiger partial charge on any atom is -0.493 e. The minimum absolute atomic E-state index is 0.107. The van der Waals surface area contributed by atoms with Crippen LogP contribution in [0.1, 0.15) is 28.7 Å². The Bertz CT molecular complexity index is 1100. The lowest BCUT2D eigenvalue weighted by molar-refractivity contribution is -0.384. The highest BCUT2D eigenvalue weighted by atomic mass is 32.2. The van der Waals surface area contributed by atoms with Crippen LogP contribution in [-0.4, -0.2) is 45.4 Å². The van der Waals surface area contributed by atoms with Crippen LogP contribution in [0.4, 0.5) is 5.69 Å². The van der Waals surface area contributed by atoms with Crippen LogP contribution in [0.2, 0.25) is 0 Å². The van der Waals surface area contributed by atoms with E-state index in [0.717, 1.165) is 11.4 Å². The molecular weight excluding hydrogens is 420 g/mol. The predicted octanol–water partition coefficient (Wildman–Crippen LogP) is 3.79. The number of methoxy groups -OCH3 is 2. The molecule has 162 valence electrons. The van der Waals surface area contributed by atoms with Crippen LogP contribution in [0.25, 0.3) is 0 Å². The van der Waals surface area contributed by atoms with E-state index >= 15 is 0 Å². The molecule has 0 atom stereocenters. The molecule has 0 unspecified atom stereocenters. The lowest BCUT2D eigenvalue weighted by atomic mass is 10.1. The molecule has 0 saturated heterocycles. The van der Waals surface area contributed by atoms with Crippen molar-refractivity contribution in [3.63, 3.8) is 0 Å². The number of aromatic nitrogens is 3. The molecule has 2 aromatic carbocycles. The number of thioether (sulfide) groups is 1. The van der Waals surface area contributed by atoms with Gasteiger partial charge in [0.2, 0.25) is 0 Å². The molecule has 0 spiro atoms. The molecule has 3 aromatic rings. The largest absolute Gasteiger partial charge is 0.493 e. The fourth-order valence-electron chi connectivity index (χ4n) is 3.05. The molecule has 0 aliphatic heterocycles. The Hall–Kier alpha value is -3.40. The normalized spacial score (nSPS) is 10.7. The van der Waals surface area contributed by atoms with Gasteiger partial charge in [0.15, 0.2) is 22.4 Å². The summed E-state index contributed by atoms with van der Waals surface area (Å²) in [4.78, 5) is 22.9. The lowest BCUT2D eigenvalue weighted by Gasteiger charge is -2.10. The summed E-state index contributed by atoms with van der Waals surface area (Å²) in [6.07, 6.45) is 0.542. The Labute approximate surface area is 183 Å². The van der Waals surface area contributed by atoms with Crippen LogP contribution in [-0.2, 0) is 13.0 Å². The fourth-order valence-corrected chi connectivity index (χ4v) is 3.97. The van der Waals surface area contributed by atoms with Gasteiger partial charge in [0.05, 0.1) is 24.9 Å². The number of ketones is 1. The Kier molecular flexibility index (Phi) is 7.24. The quantitative estimate of drug-likeness (QED) is 0.202. The third-order valence-electron chi connectivity index (χ3n) is 4.63. The second-order valence-corrected chi connectivity index (χ2v) is 7.47. The first-order chi connectivity index (χ1) is 15.0. The van der Waals surface area contributed by atoms with Crippen LogP contribution in [0, 0.1) is 10.1 Å². The van der Waals surface area contributed by atoms with E-state index < -0.39 is 4.92 Å². The van der Waals surface area contributed by atoms with Gasteiger partial charge in [-0.25, -0.2) is 0 Å². The summed E-state index contributed by atoms with van der Waals surface area (Å²) >= 11 is 1.26. The van der Waals surface area contributed by atoms with Crippen molar-refractivity contribution in [2.24, 2.45) is 0 Å². The summed E-state index contributed by atoms with van der Waals surface area (Å²) in [5.74, 6) is 1.95. The van der Waals surface area contributed by atoms with Crippen molar-refractivity contribution in [1.29, 1.82) is 0 Å². The van der Waals surface area contributed by atoms with E-state index in [9.17, 15) is 14.9 Å². The van der Waals surface area contributed by atoms with Crippen LogP contribution in [0.3, 0.4) is 0 Å². The first-order valence-electron chi connectivity index (χ1n) is 9.50. The zero-order chi connectivity index (χ0) is 22.4. The maximum Gasteiger partial charge on any atom is 0.270 e. The lowest BCUT2D eigenvalue weighted by Crippen LogP contribution is -2.07. The molecule has 31 heavy (non-hydrogen) atoms. The molecule has 0 aliphatic carbocycles. The highest BCUT2D eigenvalue weighted by molar-refractivity contribution is 7.99. The second kappa shape index (κ2) is 10.1. The summed E-state index contributed by atoms with van der Waals surface area (Å²) in [7, 11) is 3.17. The zero-order valence-corrected chi connectivity index (χ0v) is 18.2. The van der Waals surface area contributed by atoms with Crippen LogP contribution in [0.5, 0.6) is 11.5 Å². The molecule has 9 nitrogen and oxygen atoms in total. The zero-order valence-electron chi connectivity index (χ0n) is 17.4. The molecule has 0 bridgehead atoms. The number of rotatable bonds is 10. The third-order valence-corrected chi connectivity index (χ3v) is 5.60. The highest BCUT2D eigenvalue weighted by Crippen LogP contribution is 2.29. The van der Waals surface area contributed by atoms with E-state index in [0.29, 0.717) is 35.2 Å². The van der Waals surface area contributed by atoms with E-state index in [-0.39, 0.29) is 17.2 Å². The van der Waals surface area contributed by atoms with Gasteiger partial charge >= 0.3 is 0 Å². The van der Waals surface area contributed by atoms with Crippen LogP contribution in [0.15, 0.2) is 47.6 Å². The van der Waals surface area contributed by atoms with E-state index in [1.165, 1.54) is 30.0 Å². The molecule has 0 N–H and O–H groups in total. The number of nitrogens with zero attached hydrogens (tertiary/aromatic N) is 4. The SMILES string of the molecule is CCn1c(Cc2ccc(OC)c(OC)c2)nnc1SCC(=O)c1cccc([N+](=O)[O-])c1. The Balaban J connectivity index is 1.72. The molecule has 0 aliphatic rings. The Morgan fingerprint density at radius 3 is 2.58 bits per heavy atom. The van der Waals surface area contributed by atoms with Gasteiger partial charge in [-0.05, 0) is 24.6 Å². The van der Waals surface area contributed by atoms with Gasteiger partial charge in [-0.3, -0.25) is 14.9 Å². The number of ether oxygens (including phenoxy) is 2. The van der Waals surface area contributed by atoms with Gasteiger partial charge in [0, 0.05) is 30.7 Å². The smallest absolute Gasteiger partial charge is 0.270 e. The number of non-ortho nitro benzene ring substituents is 1. The van der Waals surface area contributed by atoms with Crippen molar-refractivity contribution in [2.75, 3.05) is 20.0 Å². The van der Waals surface area contributed by atoms with Crippen LogP contribution >= 0.6 is 11.8 Å². The van der Waals surface area contributed by atoms with Crippen molar-refractivity contribution < 1.29 is 19.2 Å². The van der Waals surface area contributed by atoms with Gasteiger partial charge in [-0.2, -0.15) is 0 Å². The number of nitro benzene ring substituents is 1. The molecule has 0 fully saturated rings. The molecular formula is C21H22N4O5S. The average Bonchev–Trinajstić information content (AvgIpc) is 3.18. The average molecular weight is 442 g/mol. The molecule has 10 heteroatoms. The first kappa shape index (κ1) is 22.3. The van der Waals surface area contributed by atoms with Crippen molar-refractivity contribution in [3.05, 3.63) is 69.5 Å². The van der Waals surface area contributed by atoms with Gasteiger partial charge in [0.25, 0.3) is 5.69 Å². The van der Waals surface area contributed by atoms with Gasteiger partial charge in [0.1, 0.15) is 5.82 Å². The first-order valence-corrected chi connectivity index (χ1v) is 10.5. The van der Waals surface area contributed by atoms with Crippen molar-refractivity contribution in [2.45, 2.75) is 25.0 Å². The van der Waals surface area contributed by atoms with E-state index in [4.69, 9.17) is 9.47 Å². The van der Waals surface area contributed by atoms with Gasteiger partial charge < -0.3 is 14.0 Å². The summed E-state index contributed by atoms with van der Waals surface area (Å²) in [5, 5.41) is 20.1. The fraction of sp³-hybridized carbons (Fsp3) is 0.286. The number of carbonyl (C=O) groups excluding carboxylic acids is 1. The Morgan fingerprint density at radius 2 is 1.90 bits per heavy atom. The number of hydrogen-bond donors (Lipinski definition) is 0. The standard InChI is InChI=1S/C21H22N4O5S/c1-4-24-20(11-14-8-9-18(29-2)19(10-14)30-3)22-23-21(24)31-13-17(26)15-6-5-7-16(12-15)25(27)28/h5-10,12H,4,11,13H2,1-3H3. The van der Waals surface area contributed by atoms with E-state index in [1.807, 2.05) is 29.7 Å². The topological polar surface area (TPSA) is 109 Å². The predicted molar refractivity (Wildman–Crippen MR) is 116 cm³/mol. The second-order valence-electron chi connectivity index (χ2n) is 6.53. The molecule has 1 heterocycles. The molecule has 0 saturated carbocycles. The van der Waals surface area contributed by atoms with Crippen LogP contribution < -0.4 is 9.47 Å². The molecule has 3 rings (SSSR count). The highest BCUT2D eigenvalue weighted by Gasteiger charge is 2.16. The third kappa shape index (κ3) is 5.21. The summed E-state index contributed by atoms with van der Waals surface area (Å²) < 4.78 is 12.6. The molecule has 0 amide bonds. The number of benzene rings is 2. The number of nitro groups is 1. The van der Waals surface area contributed by atoms with Crippen molar-refractivity contribution >= 4 is 23.2 Å². The van der Waals surface area contributed by atoms with Gasteiger partial charge in [-0.15, -0.1) is 10.2 Å². The van der Waals surface area contributed by atoms with Gasteiger partial charge in [-0.1, -0.05) is 30.0 Å². The summed E-state index contributed by atoms with van der Waals surface area (Å²) in [5.41, 5.74) is 1.18. The monoisotopic (exact) mass is 442 g/mol. The maximum absolute atomic E-state index is 12.5. The number of carbonyl (C=O) groups is 1. The maximum atomic E-state index is 12.5. The molecule has 1 aromatic heterocycles. The van der Waals surface area contributed by atoms with Crippen molar-refractivity contribution in [3.8, 4) is 11.5 Å². The molecule has 0 radical (unpaired) electrons. The summed E-state index contributed by atoms with van der Waals surface area (Å²) in [6, 6.07) is 11.4. The minimum atomic E-state index is -0.516. The van der Waals surface area contributed by atoms with Crippen molar-refractivity contribution in [1.82, 2.24) is 14.8 Å². The summed E-state index contributed by atoms with van der Waals surface area (Å²) in [6.45, 7) is 2.62. The number of hydrogen-bond acceptors (Lipinski definition) is 8. The van der Waals surface area contributed by atoms with E-state index in [1.54, 1.807) is 20.3 Å². The van der Waals surface area contributed by atoms with E-state index in [2.05, 4.69) is 10.2 Å². The number of Topliss-reactive ketones (excluding diaryl/α,β-unsaturated/α-hetero) is 1.